The minimum atomic E-state index is -3.82. The van der Waals surface area contributed by atoms with Crippen molar-refractivity contribution in [2.75, 3.05) is 5.32 Å². The highest BCUT2D eigenvalue weighted by molar-refractivity contribution is 7.91. The molecule has 0 saturated heterocycles. The number of sulfone groups is 1. The van der Waals surface area contributed by atoms with E-state index in [0.717, 1.165) is 11.1 Å². The van der Waals surface area contributed by atoms with Crippen LogP contribution in [0.4, 0.5) is 5.69 Å². The van der Waals surface area contributed by atoms with E-state index in [4.69, 9.17) is 0 Å². The molecule has 0 atom stereocenters. The number of benzene rings is 3. The second kappa shape index (κ2) is 7.18. The van der Waals surface area contributed by atoms with E-state index in [-0.39, 0.29) is 15.8 Å². The van der Waals surface area contributed by atoms with Crippen LogP contribution in [0.25, 0.3) is 10.9 Å². The number of aromatic amines is 1. The maximum atomic E-state index is 13.2. The fourth-order valence-corrected chi connectivity index (χ4v) is 4.80. The van der Waals surface area contributed by atoms with E-state index in [0.29, 0.717) is 22.2 Å². The summed E-state index contributed by atoms with van der Waals surface area (Å²) in [5.74, 6) is -0.325. The van der Waals surface area contributed by atoms with Gasteiger partial charge in [0.1, 0.15) is 0 Å². The Hall–Kier alpha value is -3.45. The standard InChI is InChI=1S/C22H19N3O3S/c1-14-10-15(2)12-18(11-14)29(27,28)22-19-13-16(8-9-20(19)24-25-22)21(26)23-17-6-4-3-5-7-17/h3-13H,1-2H3,(H,23,26)(H,24,25). The Balaban J connectivity index is 1.76. The Labute approximate surface area is 168 Å². The number of hydrogen-bond acceptors (Lipinski definition) is 4. The molecule has 0 aliphatic carbocycles. The first kappa shape index (κ1) is 18.9. The quantitative estimate of drug-likeness (QED) is 0.530. The number of aromatic nitrogens is 2. The van der Waals surface area contributed by atoms with Crippen LogP contribution in [-0.4, -0.2) is 24.5 Å². The molecule has 6 nitrogen and oxygen atoms in total. The molecule has 1 amide bonds. The van der Waals surface area contributed by atoms with Gasteiger partial charge in [-0.25, -0.2) is 8.42 Å². The number of carbonyl (C=O) groups excluding carboxylic acids is 1. The lowest BCUT2D eigenvalue weighted by atomic mass is 10.1. The number of rotatable bonds is 4. The van der Waals surface area contributed by atoms with Gasteiger partial charge in [0.15, 0.2) is 5.03 Å². The number of hydrogen-bond donors (Lipinski definition) is 2. The largest absolute Gasteiger partial charge is 0.322 e. The predicted molar refractivity (Wildman–Crippen MR) is 112 cm³/mol. The molecule has 0 aliphatic heterocycles. The van der Waals surface area contributed by atoms with Crippen molar-refractivity contribution in [2.45, 2.75) is 23.8 Å². The minimum absolute atomic E-state index is 0.0214. The highest BCUT2D eigenvalue weighted by Gasteiger charge is 2.24. The van der Waals surface area contributed by atoms with E-state index in [2.05, 4.69) is 15.5 Å². The summed E-state index contributed by atoms with van der Waals surface area (Å²) in [4.78, 5) is 12.8. The third-order valence-corrected chi connectivity index (χ3v) is 6.29. The molecule has 0 saturated carbocycles. The van der Waals surface area contributed by atoms with Crippen molar-refractivity contribution >= 4 is 32.3 Å². The van der Waals surface area contributed by atoms with Gasteiger partial charge in [-0.05, 0) is 67.4 Å². The number of H-pyrrole nitrogens is 1. The molecule has 0 spiro atoms. The van der Waals surface area contributed by atoms with Gasteiger partial charge >= 0.3 is 0 Å². The molecule has 29 heavy (non-hydrogen) atoms. The molecule has 0 radical (unpaired) electrons. The van der Waals surface area contributed by atoms with Crippen LogP contribution in [-0.2, 0) is 9.84 Å². The Bertz CT molecular complexity index is 1310. The summed E-state index contributed by atoms with van der Waals surface area (Å²) < 4.78 is 26.4. The Morgan fingerprint density at radius 1 is 0.931 bits per heavy atom. The molecule has 4 rings (SSSR count). The maximum Gasteiger partial charge on any atom is 0.255 e. The molecule has 0 fully saturated rings. The number of nitrogens with one attached hydrogen (secondary N) is 2. The van der Waals surface area contributed by atoms with E-state index in [1.807, 2.05) is 38.1 Å². The Morgan fingerprint density at radius 2 is 1.62 bits per heavy atom. The number of para-hydroxylation sites is 1. The third-order valence-electron chi connectivity index (χ3n) is 4.59. The fourth-order valence-electron chi connectivity index (χ4n) is 3.26. The molecule has 0 unspecified atom stereocenters. The highest BCUT2D eigenvalue weighted by atomic mass is 32.2. The molecule has 4 aromatic rings. The smallest absolute Gasteiger partial charge is 0.255 e. The second-order valence-electron chi connectivity index (χ2n) is 6.93. The van der Waals surface area contributed by atoms with Gasteiger partial charge in [-0.3, -0.25) is 9.89 Å². The molecule has 1 aromatic heterocycles. The van der Waals surface area contributed by atoms with Crippen LogP contribution in [0.15, 0.2) is 76.7 Å². The fraction of sp³-hybridized carbons (Fsp3) is 0.0909. The summed E-state index contributed by atoms with van der Waals surface area (Å²) in [7, 11) is -3.82. The first-order chi connectivity index (χ1) is 13.8. The Morgan fingerprint density at radius 3 is 2.31 bits per heavy atom. The van der Waals surface area contributed by atoms with Crippen LogP contribution in [0, 0.1) is 13.8 Å². The lowest BCUT2D eigenvalue weighted by molar-refractivity contribution is 0.102. The zero-order chi connectivity index (χ0) is 20.6. The first-order valence-electron chi connectivity index (χ1n) is 9.02. The molecule has 0 aliphatic rings. The molecular formula is C22H19N3O3S. The Kier molecular flexibility index (Phi) is 4.68. The minimum Gasteiger partial charge on any atom is -0.322 e. The van der Waals surface area contributed by atoms with Crippen LogP contribution in [0.2, 0.25) is 0 Å². The summed E-state index contributed by atoms with van der Waals surface area (Å²) in [6.07, 6.45) is 0. The van der Waals surface area contributed by atoms with Crippen molar-refractivity contribution in [3.05, 3.63) is 83.4 Å². The average molecular weight is 405 g/mol. The summed E-state index contributed by atoms with van der Waals surface area (Å²) in [6.45, 7) is 3.70. The summed E-state index contributed by atoms with van der Waals surface area (Å²) >= 11 is 0. The predicted octanol–water partition coefficient (Wildman–Crippen LogP) is 4.26. The number of anilines is 1. The van der Waals surface area contributed by atoms with Crippen LogP contribution < -0.4 is 5.32 Å². The van der Waals surface area contributed by atoms with Crippen molar-refractivity contribution in [1.29, 1.82) is 0 Å². The van der Waals surface area contributed by atoms with Crippen LogP contribution in [0.5, 0.6) is 0 Å². The van der Waals surface area contributed by atoms with Crippen molar-refractivity contribution in [3.8, 4) is 0 Å². The number of carbonyl (C=O) groups is 1. The SMILES string of the molecule is Cc1cc(C)cc(S(=O)(=O)c2[nH]nc3ccc(C(=O)Nc4ccccc4)cc23)c1. The van der Waals surface area contributed by atoms with E-state index >= 15 is 0 Å². The normalized spacial score (nSPS) is 11.5. The maximum absolute atomic E-state index is 13.2. The third kappa shape index (κ3) is 3.64. The molecule has 146 valence electrons. The average Bonchev–Trinajstić information content (AvgIpc) is 3.12. The lowest BCUT2D eigenvalue weighted by Gasteiger charge is -2.07. The molecule has 0 bridgehead atoms. The van der Waals surface area contributed by atoms with E-state index in [1.165, 1.54) is 0 Å². The molecule has 7 heteroatoms. The van der Waals surface area contributed by atoms with Crippen molar-refractivity contribution in [1.82, 2.24) is 10.2 Å². The van der Waals surface area contributed by atoms with E-state index in [9.17, 15) is 13.2 Å². The zero-order valence-electron chi connectivity index (χ0n) is 15.9. The van der Waals surface area contributed by atoms with Gasteiger partial charge in [0, 0.05) is 16.6 Å². The number of nitrogens with zero attached hydrogens (tertiary/aromatic N) is 1. The van der Waals surface area contributed by atoms with Crippen molar-refractivity contribution in [2.24, 2.45) is 0 Å². The summed E-state index contributed by atoms with van der Waals surface area (Å²) in [5, 5.41) is 9.90. The molecular weight excluding hydrogens is 386 g/mol. The number of fused-ring (bicyclic) bond motifs is 1. The van der Waals surface area contributed by atoms with Gasteiger partial charge in [0.05, 0.1) is 10.4 Å². The molecule has 1 heterocycles. The first-order valence-corrected chi connectivity index (χ1v) is 10.5. The van der Waals surface area contributed by atoms with Gasteiger partial charge in [-0.15, -0.1) is 0 Å². The zero-order valence-corrected chi connectivity index (χ0v) is 16.7. The lowest BCUT2D eigenvalue weighted by Crippen LogP contribution is -2.11. The topological polar surface area (TPSA) is 91.9 Å². The van der Waals surface area contributed by atoms with E-state index in [1.54, 1.807) is 42.5 Å². The number of aryl methyl sites for hydroxylation is 2. The summed E-state index contributed by atoms with van der Waals surface area (Å²) in [5.41, 5.74) is 3.20. The summed E-state index contributed by atoms with van der Waals surface area (Å²) in [6, 6.07) is 19.0. The van der Waals surface area contributed by atoms with Crippen LogP contribution in [0.3, 0.4) is 0 Å². The van der Waals surface area contributed by atoms with Crippen molar-refractivity contribution < 1.29 is 13.2 Å². The van der Waals surface area contributed by atoms with Gasteiger partial charge in [-0.1, -0.05) is 24.3 Å². The highest BCUT2D eigenvalue weighted by Crippen LogP contribution is 2.28. The van der Waals surface area contributed by atoms with E-state index < -0.39 is 9.84 Å². The van der Waals surface area contributed by atoms with Crippen LogP contribution in [0.1, 0.15) is 21.5 Å². The molecule has 3 aromatic carbocycles. The van der Waals surface area contributed by atoms with Gasteiger partial charge in [-0.2, -0.15) is 5.10 Å². The monoisotopic (exact) mass is 405 g/mol. The van der Waals surface area contributed by atoms with Gasteiger partial charge in [0.2, 0.25) is 9.84 Å². The van der Waals surface area contributed by atoms with Crippen LogP contribution >= 0.6 is 0 Å². The molecule has 2 N–H and O–H groups in total. The van der Waals surface area contributed by atoms with Gasteiger partial charge in [0.25, 0.3) is 5.91 Å². The second-order valence-corrected chi connectivity index (χ2v) is 8.82. The van der Waals surface area contributed by atoms with Gasteiger partial charge < -0.3 is 5.32 Å². The number of amides is 1. The van der Waals surface area contributed by atoms with Crippen molar-refractivity contribution in [3.63, 3.8) is 0 Å².